The maximum absolute atomic E-state index is 12.6. The number of H-pyrrole nitrogens is 1. The Kier molecular flexibility index (Phi) is 3.78. The van der Waals surface area contributed by atoms with Crippen molar-refractivity contribution < 1.29 is 4.42 Å². The van der Waals surface area contributed by atoms with Gasteiger partial charge in [0.2, 0.25) is 5.95 Å². The molecule has 124 valence electrons. The quantitative estimate of drug-likeness (QED) is 0.592. The third-order valence-corrected chi connectivity index (χ3v) is 4.02. The molecule has 0 fully saturated rings. The van der Waals surface area contributed by atoms with Crippen molar-refractivity contribution >= 4 is 22.7 Å². The van der Waals surface area contributed by atoms with Crippen LogP contribution in [0.5, 0.6) is 0 Å². The number of nitrogens with zero attached hydrogens (tertiary/aromatic N) is 2. The minimum atomic E-state index is -0.267. The highest BCUT2D eigenvalue weighted by Crippen LogP contribution is 2.25. The summed E-state index contributed by atoms with van der Waals surface area (Å²) in [6.07, 6.45) is 4.16. The van der Waals surface area contributed by atoms with Crippen LogP contribution in [-0.2, 0) is 6.42 Å². The van der Waals surface area contributed by atoms with Crippen molar-refractivity contribution in [1.29, 1.82) is 0 Å². The summed E-state index contributed by atoms with van der Waals surface area (Å²) in [6.45, 7) is 2.10. The number of fused-ring (bicyclic) bond motifs is 1. The number of anilines is 2. The highest BCUT2D eigenvalue weighted by molar-refractivity contribution is 5.90. The molecule has 4 rings (SSSR count). The fourth-order valence-corrected chi connectivity index (χ4v) is 2.72. The minimum Gasteiger partial charge on any atom is -0.464 e. The number of hydrogen-bond donors (Lipinski definition) is 2. The lowest BCUT2D eigenvalue weighted by Crippen LogP contribution is -2.13. The van der Waals surface area contributed by atoms with E-state index >= 15 is 0 Å². The van der Waals surface area contributed by atoms with Crippen LogP contribution >= 0.6 is 0 Å². The molecular weight excluding hydrogens is 316 g/mol. The molecular formula is C19H16N4O2. The summed E-state index contributed by atoms with van der Waals surface area (Å²) in [5.41, 5.74) is 2.86. The summed E-state index contributed by atoms with van der Waals surface area (Å²) in [5, 5.41) is 3.52. The van der Waals surface area contributed by atoms with Gasteiger partial charge in [-0.2, -0.15) is 4.98 Å². The van der Waals surface area contributed by atoms with Crippen LogP contribution in [0.2, 0.25) is 0 Å². The third kappa shape index (κ3) is 2.89. The number of nitrogens with one attached hydrogen (secondary N) is 2. The average Bonchev–Trinajstić information content (AvgIpc) is 3.16. The molecule has 0 bridgehead atoms. The van der Waals surface area contributed by atoms with Gasteiger partial charge in [-0.05, 0) is 42.3 Å². The third-order valence-electron chi connectivity index (χ3n) is 4.02. The molecule has 0 atom stereocenters. The summed E-state index contributed by atoms with van der Waals surface area (Å²) >= 11 is 0. The summed E-state index contributed by atoms with van der Waals surface area (Å²) in [4.78, 5) is 24.0. The van der Waals surface area contributed by atoms with Crippen LogP contribution in [0.25, 0.3) is 22.4 Å². The fraction of sp³-hybridized carbons (Fsp3) is 0.105. The van der Waals surface area contributed by atoms with Gasteiger partial charge in [0.05, 0.1) is 11.6 Å². The average molecular weight is 332 g/mol. The largest absolute Gasteiger partial charge is 0.464 e. The van der Waals surface area contributed by atoms with Crippen molar-refractivity contribution in [2.75, 3.05) is 5.32 Å². The Morgan fingerprint density at radius 2 is 2.00 bits per heavy atom. The lowest BCUT2D eigenvalue weighted by atomic mass is 10.1. The number of aryl methyl sites for hydroxylation is 1. The summed E-state index contributed by atoms with van der Waals surface area (Å²) in [5.74, 6) is 0.960. The molecule has 3 heterocycles. The fourth-order valence-electron chi connectivity index (χ4n) is 2.72. The molecule has 0 unspecified atom stereocenters. The molecule has 0 radical (unpaired) electrons. The molecule has 0 aliphatic heterocycles. The monoisotopic (exact) mass is 332 g/mol. The van der Waals surface area contributed by atoms with E-state index in [4.69, 9.17) is 4.42 Å². The molecule has 0 saturated heterocycles. The van der Waals surface area contributed by atoms with Crippen LogP contribution in [0.3, 0.4) is 0 Å². The number of furan rings is 1. The standard InChI is InChI=1S/C19H16N4O2/c1-2-12-5-7-13(8-6-12)21-19-22-17-16(18(24)23-19)14(9-10-20-17)15-4-3-11-25-15/h3-11H,2H2,1H3,(H2,20,21,22,23,24). The minimum absolute atomic E-state index is 0.267. The van der Waals surface area contributed by atoms with Crippen molar-refractivity contribution in [2.24, 2.45) is 0 Å². The van der Waals surface area contributed by atoms with Crippen LogP contribution in [0.1, 0.15) is 12.5 Å². The van der Waals surface area contributed by atoms with E-state index in [-0.39, 0.29) is 5.56 Å². The van der Waals surface area contributed by atoms with E-state index in [2.05, 4.69) is 27.2 Å². The Balaban J connectivity index is 1.76. The van der Waals surface area contributed by atoms with Crippen LogP contribution < -0.4 is 10.9 Å². The van der Waals surface area contributed by atoms with Gasteiger partial charge in [0, 0.05) is 17.4 Å². The van der Waals surface area contributed by atoms with Gasteiger partial charge in [0.25, 0.3) is 5.56 Å². The van der Waals surface area contributed by atoms with Crippen LogP contribution in [0, 0.1) is 0 Å². The Labute approximate surface area is 143 Å². The molecule has 0 saturated carbocycles. The first-order chi connectivity index (χ1) is 12.2. The zero-order valence-corrected chi connectivity index (χ0v) is 13.6. The molecule has 0 aliphatic carbocycles. The topological polar surface area (TPSA) is 83.8 Å². The van der Waals surface area contributed by atoms with Crippen molar-refractivity contribution in [3.05, 3.63) is 70.8 Å². The molecule has 1 aromatic carbocycles. The van der Waals surface area contributed by atoms with Crippen molar-refractivity contribution in [3.8, 4) is 11.3 Å². The number of rotatable bonds is 4. The molecule has 2 N–H and O–H groups in total. The van der Waals surface area contributed by atoms with Crippen molar-refractivity contribution in [3.63, 3.8) is 0 Å². The summed E-state index contributed by atoms with van der Waals surface area (Å²) in [6, 6.07) is 13.3. The SMILES string of the molecule is CCc1ccc(Nc2nc3nccc(-c4ccco4)c3c(=O)[nH]2)cc1. The normalized spacial score (nSPS) is 10.9. The molecule has 4 aromatic rings. The number of aromatic amines is 1. The molecule has 6 nitrogen and oxygen atoms in total. The van der Waals surface area contributed by atoms with E-state index in [1.54, 1.807) is 30.7 Å². The smallest absolute Gasteiger partial charge is 0.262 e. The second-order valence-corrected chi connectivity index (χ2v) is 5.62. The zero-order valence-electron chi connectivity index (χ0n) is 13.6. The van der Waals surface area contributed by atoms with Crippen LogP contribution in [0.4, 0.5) is 11.6 Å². The lowest BCUT2D eigenvalue weighted by molar-refractivity contribution is 0.583. The second-order valence-electron chi connectivity index (χ2n) is 5.62. The summed E-state index contributed by atoms with van der Waals surface area (Å²) < 4.78 is 5.41. The second kappa shape index (κ2) is 6.24. The van der Waals surface area contributed by atoms with Gasteiger partial charge >= 0.3 is 0 Å². The molecule has 6 heteroatoms. The van der Waals surface area contributed by atoms with Gasteiger partial charge in [0.1, 0.15) is 5.76 Å². The first-order valence-electron chi connectivity index (χ1n) is 8.03. The highest BCUT2D eigenvalue weighted by atomic mass is 16.3. The first-order valence-corrected chi connectivity index (χ1v) is 8.03. The van der Waals surface area contributed by atoms with E-state index in [9.17, 15) is 4.79 Å². The summed E-state index contributed by atoms with van der Waals surface area (Å²) in [7, 11) is 0. The van der Waals surface area contributed by atoms with Gasteiger partial charge in [-0.25, -0.2) is 4.98 Å². The van der Waals surface area contributed by atoms with Crippen LogP contribution in [-0.4, -0.2) is 15.0 Å². The number of pyridine rings is 1. The van der Waals surface area contributed by atoms with Crippen molar-refractivity contribution in [1.82, 2.24) is 15.0 Å². The van der Waals surface area contributed by atoms with Crippen LogP contribution in [0.15, 0.2) is 64.1 Å². The first kappa shape index (κ1) is 15.1. The maximum Gasteiger partial charge on any atom is 0.262 e. The van der Waals surface area contributed by atoms with E-state index in [0.717, 1.165) is 12.1 Å². The molecule has 3 aromatic heterocycles. The van der Waals surface area contributed by atoms with Crippen molar-refractivity contribution in [2.45, 2.75) is 13.3 Å². The predicted octanol–water partition coefficient (Wildman–Crippen LogP) is 3.88. The molecule has 25 heavy (non-hydrogen) atoms. The van der Waals surface area contributed by atoms with Gasteiger partial charge in [-0.15, -0.1) is 0 Å². The number of aromatic nitrogens is 3. The Morgan fingerprint density at radius 1 is 1.16 bits per heavy atom. The maximum atomic E-state index is 12.6. The number of benzene rings is 1. The Morgan fingerprint density at radius 3 is 2.72 bits per heavy atom. The van der Waals surface area contributed by atoms with Gasteiger partial charge in [0.15, 0.2) is 5.65 Å². The molecule has 0 spiro atoms. The highest BCUT2D eigenvalue weighted by Gasteiger charge is 2.13. The van der Waals surface area contributed by atoms with Gasteiger partial charge in [-0.3, -0.25) is 9.78 Å². The predicted molar refractivity (Wildman–Crippen MR) is 97.0 cm³/mol. The van der Waals surface area contributed by atoms with E-state index < -0.39 is 0 Å². The van der Waals surface area contributed by atoms with Gasteiger partial charge < -0.3 is 9.73 Å². The van der Waals surface area contributed by atoms with E-state index in [1.165, 1.54) is 5.56 Å². The Hall–Kier alpha value is -3.41. The lowest BCUT2D eigenvalue weighted by Gasteiger charge is -2.08. The zero-order chi connectivity index (χ0) is 17.2. The van der Waals surface area contributed by atoms with Gasteiger partial charge in [-0.1, -0.05) is 19.1 Å². The molecule has 0 amide bonds. The number of hydrogen-bond acceptors (Lipinski definition) is 5. The Bertz CT molecular complexity index is 1070. The van der Waals surface area contributed by atoms with E-state index in [0.29, 0.717) is 28.3 Å². The van der Waals surface area contributed by atoms with E-state index in [1.807, 2.05) is 24.3 Å². The molecule has 0 aliphatic rings.